The van der Waals surface area contributed by atoms with Gasteiger partial charge >= 0.3 is 10.4 Å². The monoisotopic (exact) mass is 193 g/mol. The highest BCUT2D eigenvalue weighted by atomic mass is 32.3. The third-order valence-corrected chi connectivity index (χ3v) is 0.667. The van der Waals surface area contributed by atoms with Crippen LogP contribution in [0.3, 0.4) is 0 Å². The van der Waals surface area contributed by atoms with Gasteiger partial charge in [0.2, 0.25) is 0 Å². The molecule has 0 saturated carbocycles. The van der Waals surface area contributed by atoms with Crippen molar-refractivity contribution in [2.75, 3.05) is 0 Å². The Labute approximate surface area is 71.2 Å². The van der Waals surface area contributed by atoms with Crippen molar-refractivity contribution in [3.8, 4) is 0 Å². The molecule has 5 nitrogen and oxygen atoms in total. The maximum Gasteiger partial charge on any atom is 0.394 e. The second kappa shape index (κ2) is 6.74. The van der Waals surface area contributed by atoms with E-state index in [1.54, 1.807) is 0 Å². The zero-order chi connectivity index (χ0) is 8.74. The minimum Gasteiger partial charge on any atom is -0.344 e. The van der Waals surface area contributed by atoms with Crippen LogP contribution in [0.25, 0.3) is 0 Å². The first kappa shape index (κ1) is 13.6. The van der Waals surface area contributed by atoms with Crippen LogP contribution >= 0.6 is 0 Å². The molecule has 0 aliphatic heterocycles. The Morgan fingerprint density at radius 3 is 0.917 bits per heavy atom. The first-order valence-corrected chi connectivity index (χ1v) is 4.10. The summed E-state index contributed by atoms with van der Waals surface area (Å²) in [6, 6.07) is 12.0. The number of hydrogen-bond donors (Lipinski definition) is 3. The summed E-state index contributed by atoms with van der Waals surface area (Å²) >= 11 is 0. The SMILES string of the molecule is N.O=S(=O)(O)O.c1ccccc1. The second-order valence-electron chi connectivity index (χ2n) is 1.60. The summed E-state index contributed by atoms with van der Waals surface area (Å²) in [5.41, 5.74) is 0. The van der Waals surface area contributed by atoms with Crippen molar-refractivity contribution in [1.29, 1.82) is 0 Å². The molecule has 0 saturated heterocycles. The molecular formula is C6H11NO4S. The Morgan fingerprint density at radius 2 is 0.833 bits per heavy atom. The van der Waals surface area contributed by atoms with Crippen molar-refractivity contribution in [1.82, 2.24) is 6.15 Å². The molecule has 1 aromatic carbocycles. The fourth-order valence-corrected chi connectivity index (χ4v) is 0.385. The molecule has 0 radical (unpaired) electrons. The van der Waals surface area contributed by atoms with Gasteiger partial charge in [0.1, 0.15) is 0 Å². The van der Waals surface area contributed by atoms with Gasteiger partial charge in [-0.25, -0.2) is 0 Å². The summed E-state index contributed by atoms with van der Waals surface area (Å²) in [6.45, 7) is 0. The first-order chi connectivity index (χ1) is 5.00. The lowest BCUT2D eigenvalue weighted by molar-refractivity contribution is 0.381. The third-order valence-electron chi connectivity index (χ3n) is 0.667. The normalized spacial score (nSPS) is 8.83. The van der Waals surface area contributed by atoms with Gasteiger partial charge in [-0.15, -0.1) is 0 Å². The van der Waals surface area contributed by atoms with Crippen molar-refractivity contribution in [2.45, 2.75) is 0 Å². The van der Waals surface area contributed by atoms with Crippen molar-refractivity contribution in [2.24, 2.45) is 0 Å². The molecule has 70 valence electrons. The maximum absolute atomic E-state index is 8.74. The van der Waals surface area contributed by atoms with Crippen molar-refractivity contribution in [3.05, 3.63) is 36.4 Å². The number of hydrogen-bond acceptors (Lipinski definition) is 3. The van der Waals surface area contributed by atoms with Crippen LogP contribution in [0.15, 0.2) is 36.4 Å². The summed E-state index contributed by atoms with van der Waals surface area (Å²) in [5, 5.41) is 0. The fraction of sp³-hybridized carbons (Fsp3) is 0. The molecule has 5 N–H and O–H groups in total. The van der Waals surface area contributed by atoms with Crippen LogP contribution in [0.1, 0.15) is 0 Å². The molecule has 0 heterocycles. The van der Waals surface area contributed by atoms with Crippen LogP contribution in [0.4, 0.5) is 0 Å². The smallest absolute Gasteiger partial charge is 0.344 e. The van der Waals surface area contributed by atoms with Gasteiger partial charge < -0.3 is 6.15 Å². The van der Waals surface area contributed by atoms with Gasteiger partial charge in [0.05, 0.1) is 0 Å². The van der Waals surface area contributed by atoms with Gasteiger partial charge in [0, 0.05) is 0 Å². The average molecular weight is 193 g/mol. The molecule has 6 heteroatoms. The van der Waals surface area contributed by atoms with E-state index in [-0.39, 0.29) is 6.15 Å². The van der Waals surface area contributed by atoms with Crippen molar-refractivity contribution in [3.63, 3.8) is 0 Å². The second-order valence-corrected chi connectivity index (χ2v) is 2.50. The number of rotatable bonds is 0. The quantitative estimate of drug-likeness (QED) is 0.536. The highest BCUT2D eigenvalue weighted by Crippen LogP contribution is 1.79. The van der Waals surface area contributed by atoms with Crippen LogP contribution in [0.5, 0.6) is 0 Å². The molecule has 0 unspecified atom stereocenters. The van der Waals surface area contributed by atoms with Crippen LogP contribution in [0, 0.1) is 0 Å². The Bertz CT molecular complexity index is 236. The predicted octanol–water partition coefficient (Wildman–Crippen LogP) is 1.20. The molecule has 0 amide bonds. The maximum atomic E-state index is 8.74. The average Bonchev–Trinajstić information content (AvgIpc) is 1.88. The van der Waals surface area contributed by atoms with Gasteiger partial charge in [0.15, 0.2) is 0 Å². The minimum atomic E-state index is -4.67. The molecule has 1 aromatic rings. The molecule has 0 bridgehead atoms. The summed E-state index contributed by atoms with van der Waals surface area (Å²) in [6.07, 6.45) is 0. The zero-order valence-corrected chi connectivity index (χ0v) is 7.11. The molecular weight excluding hydrogens is 182 g/mol. The van der Waals surface area contributed by atoms with Crippen LogP contribution < -0.4 is 6.15 Å². The summed E-state index contributed by atoms with van der Waals surface area (Å²) < 4.78 is 31.6. The molecule has 0 aromatic heterocycles. The molecule has 1 rings (SSSR count). The standard InChI is InChI=1S/C6H6.H3N.H2O4S/c1-2-4-6-5-3-1;;1-5(2,3)4/h1-6H;1H3;(H2,1,2,3,4). The molecule has 0 aliphatic rings. The van der Waals surface area contributed by atoms with E-state index >= 15 is 0 Å². The van der Waals surface area contributed by atoms with E-state index < -0.39 is 10.4 Å². The van der Waals surface area contributed by atoms with Crippen LogP contribution in [-0.2, 0) is 10.4 Å². The van der Waals surface area contributed by atoms with Crippen molar-refractivity contribution >= 4 is 10.4 Å². The van der Waals surface area contributed by atoms with E-state index in [0.717, 1.165) is 0 Å². The van der Waals surface area contributed by atoms with E-state index in [1.807, 2.05) is 36.4 Å². The van der Waals surface area contributed by atoms with Gasteiger partial charge in [-0.3, -0.25) is 9.11 Å². The van der Waals surface area contributed by atoms with Gasteiger partial charge in [-0.05, 0) is 0 Å². The van der Waals surface area contributed by atoms with Crippen molar-refractivity contribution < 1.29 is 17.5 Å². The fourth-order valence-electron chi connectivity index (χ4n) is 0.385. The largest absolute Gasteiger partial charge is 0.394 e. The molecule has 12 heavy (non-hydrogen) atoms. The van der Waals surface area contributed by atoms with Gasteiger partial charge in [-0.1, -0.05) is 36.4 Å². The highest BCUT2D eigenvalue weighted by Gasteiger charge is 1.84. The summed E-state index contributed by atoms with van der Waals surface area (Å²) in [5.74, 6) is 0. The Hall–Kier alpha value is -0.950. The Kier molecular flexibility index (Phi) is 7.66. The number of benzene rings is 1. The minimum absolute atomic E-state index is 0. The van der Waals surface area contributed by atoms with Gasteiger partial charge in [-0.2, -0.15) is 8.42 Å². The van der Waals surface area contributed by atoms with Crippen LogP contribution in [0.2, 0.25) is 0 Å². The zero-order valence-electron chi connectivity index (χ0n) is 6.29. The Balaban J connectivity index is 0. The molecule has 0 spiro atoms. The lowest BCUT2D eigenvalue weighted by atomic mass is 10.4. The first-order valence-electron chi connectivity index (χ1n) is 2.70. The predicted molar refractivity (Wildman–Crippen MR) is 45.6 cm³/mol. The molecule has 0 fully saturated rings. The topological polar surface area (TPSA) is 110 Å². The lowest BCUT2D eigenvalue weighted by Gasteiger charge is -1.69. The third kappa shape index (κ3) is 23.0. The summed E-state index contributed by atoms with van der Waals surface area (Å²) in [7, 11) is -4.67. The molecule has 0 atom stereocenters. The molecule has 0 aliphatic carbocycles. The van der Waals surface area contributed by atoms with E-state index in [4.69, 9.17) is 17.5 Å². The van der Waals surface area contributed by atoms with E-state index in [2.05, 4.69) is 0 Å². The van der Waals surface area contributed by atoms with E-state index in [9.17, 15) is 0 Å². The van der Waals surface area contributed by atoms with Gasteiger partial charge in [0.25, 0.3) is 0 Å². The summed E-state index contributed by atoms with van der Waals surface area (Å²) in [4.78, 5) is 0. The van der Waals surface area contributed by atoms with E-state index in [0.29, 0.717) is 0 Å². The van der Waals surface area contributed by atoms with E-state index in [1.165, 1.54) is 0 Å². The lowest BCUT2D eigenvalue weighted by Crippen LogP contribution is -1.89. The Morgan fingerprint density at radius 1 is 0.750 bits per heavy atom. The highest BCUT2D eigenvalue weighted by molar-refractivity contribution is 7.79. The van der Waals surface area contributed by atoms with Crippen LogP contribution in [-0.4, -0.2) is 17.5 Å².